The Morgan fingerprint density at radius 1 is 1.44 bits per heavy atom. The maximum Gasteiger partial charge on any atom is 0.210 e. The van der Waals surface area contributed by atoms with E-state index in [1.165, 1.54) is 12.8 Å². The van der Waals surface area contributed by atoms with Gasteiger partial charge in [-0.3, -0.25) is 0 Å². The summed E-state index contributed by atoms with van der Waals surface area (Å²) in [6.45, 7) is 5.60. The van der Waals surface area contributed by atoms with Gasteiger partial charge in [0.2, 0.25) is 10.0 Å². The second-order valence-electron chi connectivity index (χ2n) is 4.46. The third-order valence-electron chi connectivity index (χ3n) is 2.87. The van der Waals surface area contributed by atoms with Crippen LogP contribution in [0.3, 0.4) is 0 Å². The average Bonchev–Trinajstić information content (AvgIpc) is 2.66. The topological polar surface area (TPSA) is 75.4 Å². The third-order valence-corrected chi connectivity index (χ3v) is 3.62. The molecule has 1 aliphatic heterocycles. The smallest absolute Gasteiger partial charge is 0.210 e. The molecule has 3 N–H and O–H groups in total. The lowest BCUT2D eigenvalue weighted by Gasteiger charge is -2.24. The molecule has 0 saturated carbocycles. The molecule has 0 aromatic rings. The van der Waals surface area contributed by atoms with Crippen molar-refractivity contribution in [3.63, 3.8) is 0 Å². The standard InChI is InChI=1S/C10H23N3O2S/c1-2-6-13(7-8-16(11,14)15)9-10-4-3-5-12-10/h10,12H,2-9H2,1H3,(H2,11,14,15). The molecule has 1 rings (SSSR count). The monoisotopic (exact) mass is 249 g/mol. The Labute approximate surface area is 98.4 Å². The lowest BCUT2D eigenvalue weighted by molar-refractivity contribution is 0.262. The molecule has 5 nitrogen and oxygen atoms in total. The quantitative estimate of drug-likeness (QED) is 0.652. The number of sulfonamides is 1. The maximum absolute atomic E-state index is 10.9. The van der Waals surface area contributed by atoms with Crippen molar-refractivity contribution in [1.29, 1.82) is 0 Å². The summed E-state index contributed by atoms with van der Waals surface area (Å²) in [5.41, 5.74) is 0. The summed E-state index contributed by atoms with van der Waals surface area (Å²) in [5.74, 6) is 0.0553. The van der Waals surface area contributed by atoms with Crippen molar-refractivity contribution in [2.45, 2.75) is 32.2 Å². The summed E-state index contributed by atoms with van der Waals surface area (Å²) in [4.78, 5) is 2.19. The minimum atomic E-state index is -3.33. The van der Waals surface area contributed by atoms with Crippen molar-refractivity contribution in [3.8, 4) is 0 Å². The second-order valence-corrected chi connectivity index (χ2v) is 6.19. The van der Waals surface area contributed by atoms with Crippen molar-refractivity contribution in [2.24, 2.45) is 5.14 Å². The number of rotatable bonds is 7. The van der Waals surface area contributed by atoms with Gasteiger partial charge in [0.15, 0.2) is 0 Å². The number of primary sulfonamides is 1. The summed E-state index contributed by atoms with van der Waals surface area (Å²) >= 11 is 0. The normalized spacial score (nSPS) is 21.8. The zero-order valence-electron chi connectivity index (χ0n) is 9.98. The molecule has 1 fully saturated rings. The summed E-state index contributed by atoms with van der Waals surface area (Å²) in [6, 6.07) is 0.520. The van der Waals surface area contributed by atoms with E-state index in [0.29, 0.717) is 12.6 Å². The van der Waals surface area contributed by atoms with Crippen LogP contribution < -0.4 is 10.5 Å². The predicted molar refractivity (Wildman–Crippen MR) is 65.7 cm³/mol. The third kappa shape index (κ3) is 5.79. The first-order chi connectivity index (χ1) is 7.51. The van der Waals surface area contributed by atoms with Crippen LogP contribution in [-0.4, -0.2) is 51.3 Å². The van der Waals surface area contributed by atoms with E-state index in [4.69, 9.17) is 5.14 Å². The lowest BCUT2D eigenvalue weighted by atomic mass is 10.2. The molecule has 0 radical (unpaired) electrons. The van der Waals surface area contributed by atoms with Crippen molar-refractivity contribution < 1.29 is 8.42 Å². The van der Waals surface area contributed by atoms with E-state index in [1.807, 2.05) is 0 Å². The van der Waals surface area contributed by atoms with Crippen LogP contribution in [0.25, 0.3) is 0 Å². The summed E-state index contributed by atoms with van der Waals surface area (Å²) < 4.78 is 21.8. The molecule has 0 aliphatic carbocycles. The van der Waals surface area contributed by atoms with Gasteiger partial charge in [0.05, 0.1) is 5.75 Å². The fourth-order valence-corrected chi connectivity index (χ4v) is 2.60. The van der Waals surface area contributed by atoms with E-state index in [2.05, 4.69) is 17.1 Å². The molecule has 0 aromatic carbocycles. The highest BCUT2D eigenvalue weighted by atomic mass is 32.2. The van der Waals surface area contributed by atoms with E-state index in [9.17, 15) is 8.42 Å². The average molecular weight is 249 g/mol. The number of nitrogens with zero attached hydrogens (tertiary/aromatic N) is 1. The van der Waals surface area contributed by atoms with Crippen molar-refractivity contribution in [1.82, 2.24) is 10.2 Å². The lowest BCUT2D eigenvalue weighted by Crippen LogP contribution is -2.40. The molecule has 1 unspecified atom stereocenters. The number of nitrogens with one attached hydrogen (secondary N) is 1. The van der Waals surface area contributed by atoms with Crippen molar-refractivity contribution in [2.75, 3.05) is 31.9 Å². The molecule has 1 heterocycles. The highest BCUT2D eigenvalue weighted by Gasteiger charge is 2.18. The Kier molecular flexibility index (Phi) is 5.68. The van der Waals surface area contributed by atoms with Crippen LogP contribution in [0.5, 0.6) is 0 Å². The minimum absolute atomic E-state index is 0.0553. The Morgan fingerprint density at radius 2 is 2.19 bits per heavy atom. The maximum atomic E-state index is 10.9. The van der Waals surface area contributed by atoms with Crippen LogP contribution in [0.15, 0.2) is 0 Å². The molecule has 6 heteroatoms. The fourth-order valence-electron chi connectivity index (χ4n) is 2.09. The van der Waals surface area contributed by atoms with Crippen molar-refractivity contribution >= 4 is 10.0 Å². The van der Waals surface area contributed by atoms with Gasteiger partial charge in [0.1, 0.15) is 0 Å². The van der Waals surface area contributed by atoms with E-state index < -0.39 is 10.0 Å². The van der Waals surface area contributed by atoms with E-state index in [0.717, 1.165) is 26.1 Å². The zero-order chi connectivity index (χ0) is 12.0. The predicted octanol–water partition coefficient (Wildman–Crippen LogP) is -0.261. The Balaban J connectivity index is 2.34. The molecule has 0 amide bonds. The van der Waals surface area contributed by atoms with Gasteiger partial charge in [-0.1, -0.05) is 6.92 Å². The van der Waals surface area contributed by atoms with Gasteiger partial charge >= 0.3 is 0 Å². The van der Waals surface area contributed by atoms with Crippen LogP contribution in [0.1, 0.15) is 26.2 Å². The molecule has 0 spiro atoms. The molecular weight excluding hydrogens is 226 g/mol. The van der Waals surface area contributed by atoms with Gasteiger partial charge in [-0.2, -0.15) is 0 Å². The second kappa shape index (κ2) is 6.54. The van der Waals surface area contributed by atoms with Gasteiger partial charge in [0.25, 0.3) is 0 Å². The van der Waals surface area contributed by atoms with E-state index >= 15 is 0 Å². The largest absolute Gasteiger partial charge is 0.313 e. The first kappa shape index (κ1) is 13.9. The van der Waals surface area contributed by atoms with Crippen LogP contribution >= 0.6 is 0 Å². The Hall–Kier alpha value is -0.170. The Bertz CT molecular complexity index is 286. The van der Waals surface area contributed by atoms with Crippen molar-refractivity contribution in [3.05, 3.63) is 0 Å². The highest BCUT2D eigenvalue weighted by Crippen LogP contribution is 2.07. The minimum Gasteiger partial charge on any atom is -0.313 e. The molecule has 1 atom stereocenters. The molecule has 0 aromatic heterocycles. The van der Waals surface area contributed by atoms with Gasteiger partial charge in [-0.25, -0.2) is 13.6 Å². The van der Waals surface area contributed by atoms with Crippen LogP contribution in [0.4, 0.5) is 0 Å². The molecule has 0 bridgehead atoms. The summed E-state index contributed by atoms with van der Waals surface area (Å²) in [7, 11) is -3.33. The molecular formula is C10H23N3O2S. The molecule has 96 valence electrons. The molecule has 1 aliphatic rings. The number of nitrogens with two attached hydrogens (primary N) is 1. The van der Waals surface area contributed by atoms with E-state index in [-0.39, 0.29) is 5.75 Å². The van der Waals surface area contributed by atoms with Crippen LogP contribution in [-0.2, 0) is 10.0 Å². The Morgan fingerprint density at radius 3 is 2.69 bits per heavy atom. The zero-order valence-corrected chi connectivity index (χ0v) is 10.8. The van der Waals surface area contributed by atoms with Gasteiger partial charge in [-0.05, 0) is 32.4 Å². The molecule has 1 saturated heterocycles. The molecule has 16 heavy (non-hydrogen) atoms. The summed E-state index contributed by atoms with van der Waals surface area (Å²) in [5, 5.41) is 8.44. The van der Waals surface area contributed by atoms with E-state index in [1.54, 1.807) is 0 Å². The fraction of sp³-hybridized carbons (Fsp3) is 1.00. The van der Waals surface area contributed by atoms with Crippen LogP contribution in [0.2, 0.25) is 0 Å². The summed E-state index contributed by atoms with van der Waals surface area (Å²) in [6.07, 6.45) is 3.45. The number of hydrogen-bond acceptors (Lipinski definition) is 4. The van der Waals surface area contributed by atoms with Gasteiger partial charge in [0, 0.05) is 19.1 Å². The van der Waals surface area contributed by atoms with Crippen LogP contribution in [0, 0.1) is 0 Å². The SMILES string of the molecule is CCCN(CCS(N)(=O)=O)CC1CCCN1. The first-order valence-corrected chi connectivity index (χ1v) is 7.69. The highest BCUT2D eigenvalue weighted by molar-refractivity contribution is 7.89. The van der Waals surface area contributed by atoms with Gasteiger partial charge in [-0.15, -0.1) is 0 Å². The number of hydrogen-bond donors (Lipinski definition) is 2. The van der Waals surface area contributed by atoms with Gasteiger partial charge < -0.3 is 10.2 Å². The first-order valence-electron chi connectivity index (χ1n) is 5.97.